The van der Waals surface area contributed by atoms with Gasteiger partial charge in [-0.1, -0.05) is 0 Å². The summed E-state index contributed by atoms with van der Waals surface area (Å²) >= 11 is 0. The molecule has 1 heterocycles. The number of nitrogens with one attached hydrogen (secondary N) is 1. The number of likely N-dealkylation sites (N-methyl/N-ethyl adjacent to an activating group) is 1. The Morgan fingerprint density at radius 3 is 3.00 bits per heavy atom. The van der Waals surface area contributed by atoms with Gasteiger partial charge >= 0.3 is 0 Å². The molecule has 0 saturated heterocycles. The van der Waals surface area contributed by atoms with Gasteiger partial charge in [0.2, 0.25) is 0 Å². The van der Waals surface area contributed by atoms with Crippen molar-refractivity contribution in [2.75, 3.05) is 26.0 Å². The van der Waals surface area contributed by atoms with Crippen molar-refractivity contribution in [3.8, 4) is 0 Å². The van der Waals surface area contributed by atoms with E-state index < -0.39 is 0 Å². The van der Waals surface area contributed by atoms with Crippen LogP contribution in [0.3, 0.4) is 0 Å². The molecule has 1 aromatic rings. The van der Waals surface area contributed by atoms with E-state index in [2.05, 4.69) is 10.3 Å². The van der Waals surface area contributed by atoms with Crippen molar-refractivity contribution in [1.82, 2.24) is 10.3 Å². The molecule has 0 aliphatic heterocycles. The first-order valence-electron chi connectivity index (χ1n) is 5.71. The van der Waals surface area contributed by atoms with E-state index in [4.69, 9.17) is 10.5 Å². The first kappa shape index (κ1) is 12.9. The molecule has 0 fully saturated rings. The van der Waals surface area contributed by atoms with Crippen molar-refractivity contribution in [3.05, 3.63) is 23.9 Å². The minimum atomic E-state index is 0.424. The third-order valence-electron chi connectivity index (χ3n) is 2.55. The summed E-state index contributed by atoms with van der Waals surface area (Å²) < 4.78 is 5.35. The number of hydrogen-bond acceptors (Lipinski definition) is 4. The zero-order valence-corrected chi connectivity index (χ0v) is 10.1. The SMILES string of the molecule is CCOCCC(Cc1ccnc(N)c1)NC. The molecular weight excluding hydrogens is 202 g/mol. The highest BCUT2D eigenvalue weighted by atomic mass is 16.5. The van der Waals surface area contributed by atoms with Gasteiger partial charge in [0.25, 0.3) is 0 Å². The van der Waals surface area contributed by atoms with Gasteiger partial charge in [0.05, 0.1) is 0 Å². The van der Waals surface area contributed by atoms with Crippen LogP contribution in [-0.2, 0) is 11.2 Å². The first-order valence-corrected chi connectivity index (χ1v) is 5.71. The van der Waals surface area contributed by atoms with Gasteiger partial charge in [-0.25, -0.2) is 4.98 Å². The molecule has 1 atom stereocenters. The standard InChI is InChI=1S/C12H21N3O/c1-3-16-7-5-11(14-2)8-10-4-6-15-12(13)9-10/h4,6,9,11,14H,3,5,7-8H2,1-2H3,(H2,13,15). The van der Waals surface area contributed by atoms with Crippen LogP contribution in [0, 0.1) is 0 Å². The molecule has 90 valence electrons. The van der Waals surface area contributed by atoms with Gasteiger partial charge in [0, 0.05) is 25.5 Å². The number of ether oxygens (including phenoxy) is 1. The Labute approximate surface area is 97.2 Å². The van der Waals surface area contributed by atoms with Gasteiger partial charge in [0.1, 0.15) is 5.82 Å². The van der Waals surface area contributed by atoms with Gasteiger partial charge in [-0.05, 0) is 44.5 Å². The number of hydrogen-bond donors (Lipinski definition) is 2. The number of nitrogens with zero attached hydrogens (tertiary/aromatic N) is 1. The van der Waals surface area contributed by atoms with Crippen molar-refractivity contribution in [1.29, 1.82) is 0 Å². The number of aromatic nitrogens is 1. The molecule has 1 aromatic heterocycles. The molecule has 0 saturated carbocycles. The lowest BCUT2D eigenvalue weighted by Gasteiger charge is -2.16. The fourth-order valence-corrected chi connectivity index (χ4v) is 1.62. The molecule has 4 heteroatoms. The summed E-state index contributed by atoms with van der Waals surface area (Å²) in [6.07, 6.45) is 3.71. The quantitative estimate of drug-likeness (QED) is 0.682. The Morgan fingerprint density at radius 2 is 2.38 bits per heavy atom. The van der Waals surface area contributed by atoms with Crippen molar-refractivity contribution < 1.29 is 4.74 Å². The molecule has 0 amide bonds. The van der Waals surface area contributed by atoms with Crippen LogP contribution < -0.4 is 11.1 Å². The predicted octanol–water partition coefficient (Wildman–Crippen LogP) is 1.22. The lowest BCUT2D eigenvalue weighted by atomic mass is 10.0. The molecule has 0 bridgehead atoms. The van der Waals surface area contributed by atoms with E-state index in [1.807, 2.05) is 26.1 Å². The third-order valence-corrected chi connectivity index (χ3v) is 2.55. The van der Waals surface area contributed by atoms with Crippen LogP contribution >= 0.6 is 0 Å². The molecule has 1 rings (SSSR count). The molecule has 0 aliphatic rings. The lowest BCUT2D eigenvalue weighted by molar-refractivity contribution is 0.137. The van der Waals surface area contributed by atoms with E-state index in [-0.39, 0.29) is 0 Å². The number of anilines is 1. The van der Waals surface area contributed by atoms with E-state index in [0.717, 1.165) is 26.1 Å². The second kappa shape index (κ2) is 7.19. The van der Waals surface area contributed by atoms with Crippen LogP contribution in [0.25, 0.3) is 0 Å². The van der Waals surface area contributed by atoms with Crippen molar-refractivity contribution in [3.63, 3.8) is 0 Å². The summed E-state index contributed by atoms with van der Waals surface area (Å²) in [7, 11) is 1.97. The van der Waals surface area contributed by atoms with E-state index in [0.29, 0.717) is 11.9 Å². The Hall–Kier alpha value is -1.13. The van der Waals surface area contributed by atoms with Gasteiger partial charge in [-0.3, -0.25) is 0 Å². The second-order valence-electron chi connectivity index (χ2n) is 3.76. The maximum absolute atomic E-state index is 5.64. The molecule has 0 spiro atoms. The second-order valence-corrected chi connectivity index (χ2v) is 3.76. The monoisotopic (exact) mass is 223 g/mol. The van der Waals surface area contributed by atoms with Crippen LogP contribution in [0.1, 0.15) is 18.9 Å². The molecule has 0 aromatic carbocycles. The van der Waals surface area contributed by atoms with Gasteiger partial charge in [-0.2, -0.15) is 0 Å². The third kappa shape index (κ3) is 4.59. The minimum absolute atomic E-state index is 0.424. The molecule has 4 nitrogen and oxygen atoms in total. The summed E-state index contributed by atoms with van der Waals surface area (Å²) in [6, 6.07) is 4.35. The average Bonchev–Trinajstić information content (AvgIpc) is 2.28. The fraction of sp³-hybridized carbons (Fsp3) is 0.583. The zero-order valence-electron chi connectivity index (χ0n) is 10.1. The number of rotatable bonds is 7. The highest BCUT2D eigenvalue weighted by molar-refractivity contribution is 5.32. The van der Waals surface area contributed by atoms with Crippen molar-refractivity contribution >= 4 is 5.82 Å². The van der Waals surface area contributed by atoms with Gasteiger partial charge in [0.15, 0.2) is 0 Å². The Kier molecular flexibility index (Phi) is 5.82. The summed E-state index contributed by atoms with van der Waals surface area (Å²) in [5, 5.41) is 3.29. The summed E-state index contributed by atoms with van der Waals surface area (Å²) in [5.74, 6) is 0.581. The highest BCUT2D eigenvalue weighted by Crippen LogP contribution is 2.08. The van der Waals surface area contributed by atoms with E-state index in [1.165, 1.54) is 5.56 Å². The molecule has 0 aliphatic carbocycles. The Bertz CT molecular complexity index is 304. The fourth-order valence-electron chi connectivity index (χ4n) is 1.62. The van der Waals surface area contributed by atoms with Crippen LogP contribution in [0.4, 0.5) is 5.82 Å². The number of pyridine rings is 1. The van der Waals surface area contributed by atoms with E-state index in [1.54, 1.807) is 6.20 Å². The summed E-state index contributed by atoms with van der Waals surface area (Å²) in [5.41, 5.74) is 6.85. The molecule has 1 unspecified atom stereocenters. The predicted molar refractivity (Wildman–Crippen MR) is 66.3 cm³/mol. The number of nitrogens with two attached hydrogens (primary N) is 1. The van der Waals surface area contributed by atoms with Gasteiger partial charge < -0.3 is 15.8 Å². The Morgan fingerprint density at radius 1 is 1.56 bits per heavy atom. The van der Waals surface area contributed by atoms with Gasteiger partial charge in [-0.15, -0.1) is 0 Å². The Balaban J connectivity index is 2.43. The topological polar surface area (TPSA) is 60.2 Å². The maximum Gasteiger partial charge on any atom is 0.123 e. The highest BCUT2D eigenvalue weighted by Gasteiger charge is 2.07. The largest absolute Gasteiger partial charge is 0.384 e. The van der Waals surface area contributed by atoms with E-state index in [9.17, 15) is 0 Å². The maximum atomic E-state index is 5.64. The molecular formula is C12H21N3O. The molecule has 3 N–H and O–H groups in total. The van der Waals surface area contributed by atoms with E-state index >= 15 is 0 Å². The van der Waals surface area contributed by atoms with Crippen molar-refractivity contribution in [2.24, 2.45) is 0 Å². The molecule has 0 radical (unpaired) electrons. The van der Waals surface area contributed by atoms with Crippen molar-refractivity contribution in [2.45, 2.75) is 25.8 Å². The summed E-state index contributed by atoms with van der Waals surface area (Å²) in [6.45, 7) is 3.58. The smallest absolute Gasteiger partial charge is 0.123 e. The number of nitrogen functional groups attached to an aromatic ring is 1. The average molecular weight is 223 g/mol. The minimum Gasteiger partial charge on any atom is -0.384 e. The van der Waals surface area contributed by atoms with Crippen LogP contribution in [0.2, 0.25) is 0 Å². The zero-order chi connectivity index (χ0) is 11.8. The molecule has 16 heavy (non-hydrogen) atoms. The first-order chi connectivity index (χ1) is 7.76. The van der Waals surface area contributed by atoms with Crippen LogP contribution in [0.5, 0.6) is 0 Å². The van der Waals surface area contributed by atoms with Crippen LogP contribution in [-0.4, -0.2) is 31.3 Å². The lowest BCUT2D eigenvalue weighted by Crippen LogP contribution is -2.29. The normalized spacial score (nSPS) is 12.6. The summed E-state index contributed by atoms with van der Waals surface area (Å²) in [4.78, 5) is 3.98. The van der Waals surface area contributed by atoms with Crippen LogP contribution in [0.15, 0.2) is 18.3 Å².